The number of hydrogen-bond acceptors (Lipinski definition) is 0. The van der Waals surface area contributed by atoms with Crippen LogP contribution in [-0.2, 0) is 5.41 Å². The molecule has 0 spiro atoms. The van der Waals surface area contributed by atoms with Crippen molar-refractivity contribution >= 4 is 53.9 Å². The summed E-state index contributed by atoms with van der Waals surface area (Å²) in [7, 11) is 0. The van der Waals surface area contributed by atoms with Gasteiger partial charge < -0.3 is 0 Å². The molecule has 11 aromatic carbocycles. The Morgan fingerprint density at radius 2 is 0.712 bits per heavy atom. The lowest BCUT2D eigenvalue weighted by molar-refractivity contribution is 0.491. The van der Waals surface area contributed by atoms with E-state index in [0.717, 1.165) is 12.8 Å². The summed E-state index contributed by atoms with van der Waals surface area (Å²) in [4.78, 5) is 0. The van der Waals surface area contributed by atoms with E-state index in [1.165, 1.54) is 121 Å². The summed E-state index contributed by atoms with van der Waals surface area (Å²) in [5.41, 5.74) is 15.7. The molecular weight excluding hydrogens is 709 g/mol. The molecule has 0 saturated carbocycles. The van der Waals surface area contributed by atoms with Gasteiger partial charge in [-0.05, 0) is 152 Å². The number of fused-ring (bicyclic) bond motifs is 6. The Morgan fingerprint density at radius 1 is 0.288 bits per heavy atom. The molecule has 0 heterocycles. The van der Waals surface area contributed by atoms with Crippen molar-refractivity contribution in [2.75, 3.05) is 0 Å². The summed E-state index contributed by atoms with van der Waals surface area (Å²) >= 11 is 0. The van der Waals surface area contributed by atoms with Crippen molar-refractivity contribution in [2.24, 2.45) is 0 Å². The van der Waals surface area contributed by atoms with Crippen molar-refractivity contribution in [3.05, 3.63) is 205 Å². The molecule has 0 radical (unpaired) electrons. The molecule has 1 aliphatic rings. The lowest BCUT2D eigenvalue weighted by Gasteiger charge is -2.30. The first-order valence-corrected chi connectivity index (χ1v) is 21.2. The summed E-state index contributed by atoms with van der Waals surface area (Å²) in [6, 6.07) is 73.2. The van der Waals surface area contributed by atoms with Crippen LogP contribution in [0.15, 0.2) is 194 Å². The van der Waals surface area contributed by atoms with Gasteiger partial charge in [0.15, 0.2) is 0 Å². The molecule has 278 valence electrons. The average Bonchev–Trinajstić information content (AvgIpc) is 3.59. The van der Waals surface area contributed by atoms with E-state index in [9.17, 15) is 0 Å². The quantitative estimate of drug-likeness (QED) is 0.149. The van der Waals surface area contributed by atoms with Gasteiger partial charge in [-0.3, -0.25) is 0 Å². The highest BCUT2D eigenvalue weighted by atomic mass is 14.4. The van der Waals surface area contributed by atoms with E-state index in [2.05, 4.69) is 208 Å². The Labute approximate surface area is 345 Å². The summed E-state index contributed by atoms with van der Waals surface area (Å²) in [5.74, 6) is 0. The highest BCUT2D eigenvalue weighted by Gasteiger charge is 2.40. The first kappa shape index (κ1) is 34.1. The third kappa shape index (κ3) is 5.09. The lowest BCUT2D eigenvalue weighted by atomic mass is 9.73. The van der Waals surface area contributed by atoms with E-state index < -0.39 is 0 Å². The summed E-state index contributed by atoms with van der Waals surface area (Å²) in [6.45, 7) is 4.74. The third-order valence-electron chi connectivity index (χ3n) is 13.9. The van der Waals surface area contributed by atoms with Crippen molar-refractivity contribution in [1.82, 2.24) is 0 Å². The fourth-order valence-electron chi connectivity index (χ4n) is 10.7. The Morgan fingerprint density at radius 3 is 1.34 bits per heavy atom. The minimum absolute atomic E-state index is 0.0356. The van der Waals surface area contributed by atoms with Crippen LogP contribution in [-0.4, -0.2) is 0 Å². The van der Waals surface area contributed by atoms with Crippen molar-refractivity contribution in [2.45, 2.75) is 32.1 Å². The van der Waals surface area contributed by atoms with Gasteiger partial charge in [-0.25, -0.2) is 0 Å². The number of benzene rings is 11. The summed E-state index contributed by atoms with van der Waals surface area (Å²) < 4.78 is 0. The molecule has 0 fully saturated rings. The third-order valence-corrected chi connectivity index (χ3v) is 13.9. The second kappa shape index (κ2) is 13.0. The van der Waals surface area contributed by atoms with Gasteiger partial charge >= 0.3 is 0 Å². The monoisotopic (exact) mass is 750 g/mol. The van der Waals surface area contributed by atoms with Crippen molar-refractivity contribution < 1.29 is 0 Å². The maximum absolute atomic E-state index is 2.49. The van der Waals surface area contributed by atoms with Gasteiger partial charge in [0.2, 0.25) is 0 Å². The van der Waals surface area contributed by atoms with E-state index >= 15 is 0 Å². The lowest BCUT2D eigenvalue weighted by Crippen LogP contribution is -2.23. The molecular formula is C59H42. The van der Waals surface area contributed by atoms with E-state index in [0.29, 0.717) is 0 Å². The second-order valence-electron chi connectivity index (χ2n) is 16.7. The first-order chi connectivity index (χ1) is 29.1. The second-order valence-corrected chi connectivity index (χ2v) is 16.7. The smallest absolute Gasteiger partial charge is 0.0210 e. The minimum atomic E-state index is -0.0356. The van der Waals surface area contributed by atoms with Crippen LogP contribution in [0.3, 0.4) is 0 Å². The Kier molecular flexibility index (Phi) is 7.50. The standard InChI is InChI=1S/C59H42/c1-3-59(4-2)55-35-47(38-14-12-37(13-15-38)46-25-22-42-21-20-40-8-5-6-11-49(40)54(42)34-46)28-31-51(55)52-32-29-48(36-56(52)59)39-16-18-41(19-17-39)50-30-26-45-24-23-43-9-7-10-44-27-33-53(50)58(45)57(43)44/h5-36H,3-4H2,1-2H3. The van der Waals surface area contributed by atoms with Crippen LogP contribution in [0.5, 0.6) is 0 Å². The molecule has 0 N–H and O–H groups in total. The Hall–Kier alpha value is -7.02. The molecule has 1 aliphatic carbocycles. The molecule has 0 unspecified atom stereocenters. The molecule has 0 amide bonds. The van der Waals surface area contributed by atoms with Gasteiger partial charge in [0.25, 0.3) is 0 Å². The molecule has 0 atom stereocenters. The van der Waals surface area contributed by atoms with Crippen molar-refractivity contribution in [1.29, 1.82) is 0 Å². The van der Waals surface area contributed by atoms with Crippen LogP contribution in [0, 0.1) is 0 Å². The minimum Gasteiger partial charge on any atom is -0.0642 e. The predicted molar refractivity (Wildman–Crippen MR) is 254 cm³/mol. The molecule has 12 rings (SSSR count). The zero-order valence-corrected chi connectivity index (χ0v) is 33.4. The highest BCUT2D eigenvalue weighted by Crippen LogP contribution is 2.54. The van der Waals surface area contributed by atoms with E-state index in [1.54, 1.807) is 0 Å². The van der Waals surface area contributed by atoms with Gasteiger partial charge in [0.1, 0.15) is 0 Å². The van der Waals surface area contributed by atoms with Gasteiger partial charge in [0, 0.05) is 5.41 Å². The Bertz CT molecular complexity index is 3420. The SMILES string of the molecule is CCC1(CC)c2cc(-c3ccc(-c4ccc5ccc6ccccc6c5c4)cc3)ccc2-c2ccc(-c3ccc(-c4ccc5ccc6cccc7ccc4c5c67)cc3)cc21. The van der Waals surface area contributed by atoms with Crippen molar-refractivity contribution in [3.63, 3.8) is 0 Å². The molecule has 0 bridgehead atoms. The largest absolute Gasteiger partial charge is 0.0642 e. The van der Waals surface area contributed by atoms with E-state index in [1.807, 2.05) is 0 Å². The topological polar surface area (TPSA) is 0 Å². The van der Waals surface area contributed by atoms with Crippen molar-refractivity contribution in [3.8, 4) is 55.6 Å². The maximum atomic E-state index is 2.49. The highest BCUT2D eigenvalue weighted by molar-refractivity contribution is 6.25. The van der Waals surface area contributed by atoms with E-state index in [4.69, 9.17) is 0 Å². The van der Waals surface area contributed by atoms with E-state index in [-0.39, 0.29) is 5.41 Å². The number of rotatable bonds is 6. The van der Waals surface area contributed by atoms with Crippen LogP contribution >= 0.6 is 0 Å². The normalized spacial score (nSPS) is 13.2. The van der Waals surface area contributed by atoms with Gasteiger partial charge in [-0.15, -0.1) is 0 Å². The van der Waals surface area contributed by atoms with Crippen LogP contribution in [0.1, 0.15) is 37.8 Å². The van der Waals surface area contributed by atoms with Crippen LogP contribution in [0.2, 0.25) is 0 Å². The summed E-state index contributed by atoms with van der Waals surface area (Å²) in [5, 5.41) is 13.1. The fraction of sp³-hybridized carbons (Fsp3) is 0.0847. The van der Waals surface area contributed by atoms with Gasteiger partial charge in [0.05, 0.1) is 0 Å². The fourth-order valence-corrected chi connectivity index (χ4v) is 10.7. The molecule has 0 saturated heterocycles. The molecule has 0 aromatic heterocycles. The zero-order chi connectivity index (χ0) is 39.2. The molecule has 11 aromatic rings. The molecule has 59 heavy (non-hydrogen) atoms. The molecule has 0 aliphatic heterocycles. The number of hydrogen-bond donors (Lipinski definition) is 0. The predicted octanol–water partition coefficient (Wildman–Crippen LogP) is 16.6. The van der Waals surface area contributed by atoms with Gasteiger partial charge in [-0.2, -0.15) is 0 Å². The summed E-state index contributed by atoms with van der Waals surface area (Å²) in [6.07, 6.45) is 2.11. The van der Waals surface area contributed by atoms with Crippen LogP contribution < -0.4 is 0 Å². The molecule has 0 heteroatoms. The first-order valence-electron chi connectivity index (χ1n) is 21.2. The zero-order valence-electron chi connectivity index (χ0n) is 33.4. The average molecular weight is 751 g/mol. The van der Waals surface area contributed by atoms with Crippen LogP contribution in [0.4, 0.5) is 0 Å². The Balaban J connectivity index is 0.867. The molecule has 0 nitrogen and oxygen atoms in total. The van der Waals surface area contributed by atoms with Crippen LogP contribution in [0.25, 0.3) is 109 Å². The van der Waals surface area contributed by atoms with Gasteiger partial charge in [-0.1, -0.05) is 190 Å². The maximum Gasteiger partial charge on any atom is 0.0210 e.